The van der Waals surface area contributed by atoms with E-state index in [1.807, 2.05) is 24.3 Å². The molecule has 0 bridgehead atoms. The van der Waals surface area contributed by atoms with E-state index in [9.17, 15) is 5.11 Å². The fraction of sp³-hybridized carbons (Fsp3) is 0.111. The molecular weight excluding hydrogens is 179 g/mol. The number of hydrogen-bond donors (Lipinski definition) is 0. The van der Waals surface area contributed by atoms with Gasteiger partial charge in [0.05, 0.1) is 7.11 Å². The van der Waals surface area contributed by atoms with Gasteiger partial charge in [-0.05, 0) is 17.7 Å². The molecule has 0 atom stereocenters. The summed E-state index contributed by atoms with van der Waals surface area (Å²) in [5.74, 6) is 0.799. The van der Waals surface area contributed by atoms with Crippen LogP contribution in [0.1, 0.15) is 5.56 Å². The molecule has 12 heavy (non-hydrogen) atoms. The predicted octanol–water partition coefficient (Wildman–Crippen LogP) is -1.97. The molecule has 0 spiro atoms. The monoisotopic (exact) mass is 188 g/mol. The van der Waals surface area contributed by atoms with Crippen molar-refractivity contribution in [2.75, 3.05) is 7.11 Å². The molecule has 1 rings (SSSR count). The van der Waals surface area contributed by atoms with Gasteiger partial charge in [-0.2, -0.15) is 0 Å². The van der Waals surface area contributed by atoms with Crippen LogP contribution in [0.5, 0.6) is 5.75 Å². The maximum atomic E-state index is 10.0. The van der Waals surface area contributed by atoms with Gasteiger partial charge < -0.3 is 9.84 Å². The Morgan fingerprint density at radius 3 is 2.25 bits per heavy atom. The van der Waals surface area contributed by atoms with E-state index in [0.29, 0.717) is 0 Å². The first-order valence-electron chi connectivity index (χ1n) is 3.29. The van der Waals surface area contributed by atoms with Crippen LogP contribution in [-0.4, -0.2) is 7.11 Å². The Morgan fingerprint density at radius 2 is 1.83 bits per heavy atom. The topological polar surface area (TPSA) is 32.3 Å². The summed E-state index contributed by atoms with van der Waals surface area (Å²) in [6.07, 6.45) is 2.27. The normalized spacial score (nSPS) is 9.42. The van der Waals surface area contributed by atoms with Gasteiger partial charge in [-0.3, -0.25) is 0 Å². The minimum Gasteiger partial charge on any atom is -0.878 e. The number of hydrogen-bond acceptors (Lipinski definition) is 2. The van der Waals surface area contributed by atoms with Crippen LogP contribution in [0.3, 0.4) is 0 Å². The van der Waals surface area contributed by atoms with E-state index in [2.05, 4.69) is 0 Å². The Kier molecular flexibility index (Phi) is 6.79. The van der Waals surface area contributed by atoms with Crippen molar-refractivity contribution in [3.05, 3.63) is 36.1 Å². The molecule has 3 heteroatoms. The van der Waals surface area contributed by atoms with Gasteiger partial charge in [0.25, 0.3) is 0 Å². The number of rotatable bonds is 2. The van der Waals surface area contributed by atoms with E-state index in [4.69, 9.17) is 4.74 Å². The second kappa shape index (κ2) is 6.68. The van der Waals surface area contributed by atoms with Crippen molar-refractivity contribution in [3.8, 4) is 5.75 Å². The molecule has 0 amide bonds. The van der Waals surface area contributed by atoms with Crippen molar-refractivity contribution in [2.45, 2.75) is 0 Å². The summed E-state index contributed by atoms with van der Waals surface area (Å²) in [5, 5.41) is 10.0. The maximum absolute atomic E-state index is 10.0. The van der Waals surface area contributed by atoms with Crippen LogP contribution in [0.4, 0.5) is 0 Å². The van der Waals surface area contributed by atoms with E-state index in [1.54, 1.807) is 7.11 Å². The third-order valence-electron chi connectivity index (χ3n) is 1.38. The molecule has 0 aliphatic carbocycles. The molecule has 0 saturated carbocycles. The number of benzene rings is 1. The molecule has 0 aliphatic rings. The fourth-order valence-corrected chi connectivity index (χ4v) is 0.794. The van der Waals surface area contributed by atoms with Crippen LogP contribution in [0, 0.1) is 0 Å². The van der Waals surface area contributed by atoms with Gasteiger partial charge in [0, 0.05) is 0 Å². The van der Waals surface area contributed by atoms with Crippen molar-refractivity contribution < 1.29 is 61.2 Å². The first-order valence-corrected chi connectivity index (χ1v) is 3.29. The summed E-state index contributed by atoms with van der Waals surface area (Å²) in [4.78, 5) is 0. The Bertz CT molecular complexity index is 241. The van der Waals surface area contributed by atoms with E-state index < -0.39 is 0 Å². The summed E-state index contributed by atoms with van der Waals surface area (Å²) in [7, 11) is 1.61. The average Bonchev–Trinajstić information content (AvgIpc) is 2.07. The van der Waals surface area contributed by atoms with E-state index in [-0.39, 0.29) is 51.4 Å². The summed E-state index contributed by atoms with van der Waals surface area (Å²) < 4.78 is 4.95. The van der Waals surface area contributed by atoms with Gasteiger partial charge in [-0.1, -0.05) is 18.2 Å². The third-order valence-corrected chi connectivity index (χ3v) is 1.38. The SMILES string of the molecule is COc1ccc(C=C[O-])cc1.[K+]. The predicted molar refractivity (Wildman–Crippen MR) is 42.0 cm³/mol. The van der Waals surface area contributed by atoms with Gasteiger partial charge in [-0.25, -0.2) is 0 Å². The molecule has 0 radical (unpaired) electrons. The van der Waals surface area contributed by atoms with Crippen molar-refractivity contribution >= 4 is 6.08 Å². The average molecular weight is 188 g/mol. The molecule has 0 aromatic heterocycles. The quantitative estimate of drug-likeness (QED) is 0.398. The molecular formula is C9H9KO2. The summed E-state index contributed by atoms with van der Waals surface area (Å²) in [6.45, 7) is 0. The largest absolute Gasteiger partial charge is 1.00 e. The number of ether oxygens (including phenoxy) is 1. The smallest absolute Gasteiger partial charge is 0.878 e. The van der Waals surface area contributed by atoms with Gasteiger partial charge in [-0.15, -0.1) is 6.26 Å². The zero-order chi connectivity index (χ0) is 8.10. The number of methoxy groups -OCH3 is 1. The standard InChI is InChI=1S/C9H10O2.K/c1-11-9-4-2-8(3-5-9)6-7-10;/h2-7,10H,1H3;/q;+1/p-1. The molecule has 0 fully saturated rings. The van der Waals surface area contributed by atoms with Crippen LogP contribution in [0.15, 0.2) is 30.5 Å². The van der Waals surface area contributed by atoms with Gasteiger partial charge in [0.2, 0.25) is 0 Å². The summed E-state index contributed by atoms with van der Waals surface area (Å²) in [6, 6.07) is 7.28. The fourth-order valence-electron chi connectivity index (χ4n) is 0.794. The maximum Gasteiger partial charge on any atom is 1.00 e. The molecule has 58 valence electrons. The summed E-state index contributed by atoms with van der Waals surface area (Å²) >= 11 is 0. The van der Waals surface area contributed by atoms with Crippen LogP contribution in [-0.2, 0) is 0 Å². The van der Waals surface area contributed by atoms with Gasteiger partial charge in [0.1, 0.15) is 5.75 Å². The first-order chi connectivity index (χ1) is 5.36. The van der Waals surface area contributed by atoms with Gasteiger partial charge >= 0.3 is 51.4 Å². The molecule has 2 nitrogen and oxygen atoms in total. The molecule has 0 aliphatic heterocycles. The van der Waals surface area contributed by atoms with Crippen LogP contribution >= 0.6 is 0 Å². The minimum absolute atomic E-state index is 0. The van der Waals surface area contributed by atoms with Crippen LogP contribution in [0.2, 0.25) is 0 Å². The van der Waals surface area contributed by atoms with E-state index >= 15 is 0 Å². The Hall–Kier alpha value is 0.196. The van der Waals surface area contributed by atoms with Crippen molar-refractivity contribution in [1.82, 2.24) is 0 Å². The van der Waals surface area contributed by atoms with Gasteiger partial charge in [0.15, 0.2) is 0 Å². The molecule has 0 saturated heterocycles. The summed E-state index contributed by atoms with van der Waals surface area (Å²) in [5.41, 5.74) is 0.890. The molecule has 0 heterocycles. The molecule has 1 aromatic carbocycles. The second-order valence-electron chi connectivity index (χ2n) is 2.08. The van der Waals surface area contributed by atoms with Crippen LogP contribution < -0.4 is 61.2 Å². The third kappa shape index (κ3) is 3.73. The van der Waals surface area contributed by atoms with E-state index in [0.717, 1.165) is 17.6 Å². The van der Waals surface area contributed by atoms with Crippen molar-refractivity contribution in [2.24, 2.45) is 0 Å². The second-order valence-corrected chi connectivity index (χ2v) is 2.08. The first kappa shape index (κ1) is 12.2. The zero-order valence-corrected chi connectivity index (χ0v) is 10.4. The Labute approximate surface area is 115 Å². The zero-order valence-electron chi connectivity index (χ0n) is 7.28. The van der Waals surface area contributed by atoms with E-state index in [1.165, 1.54) is 6.08 Å². The van der Waals surface area contributed by atoms with Crippen LogP contribution in [0.25, 0.3) is 6.08 Å². The van der Waals surface area contributed by atoms with Crippen molar-refractivity contribution in [3.63, 3.8) is 0 Å². The Balaban J connectivity index is 0.00000121. The molecule has 0 N–H and O–H groups in total. The minimum atomic E-state index is 0. The molecule has 1 aromatic rings. The Morgan fingerprint density at radius 1 is 1.25 bits per heavy atom. The molecule has 0 unspecified atom stereocenters. The van der Waals surface area contributed by atoms with Crippen molar-refractivity contribution in [1.29, 1.82) is 0 Å².